The minimum Gasteiger partial charge on any atom is -0.383 e. The molecular formula is C12H16N4OS. The number of carbonyl (C=O) groups excluding carboxylic acids is 1. The molecule has 0 aliphatic heterocycles. The minimum absolute atomic E-state index is 0.295. The molecule has 0 bridgehead atoms. The zero-order chi connectivity index (χ0) is 13.5. The summed E-state index contributed by atoms with van der Waals surface area (Å²) in [6, 6.07) is 1.89. The molecular weight excluding hydrogens is 248 g/mol. The molecule has 2 aromatic heterocycles. The number of thiophene rings is 1. The largest absolute Gasteiger partial charge is 0.383 e. The monoisotopic (exact) mass is 264 g/mol. The van der Waals surface area contributed by atoms with Crippen LogP contribution in [0.4, 0.5) is 5.82 Å². The van der Waals surface area contributed by atoms with E-state index in [0.717, 1.165) is 5.56 Å². The summed E-state index contributed by atoms with van der Waals surface area (Å²) in [7, 11) is 0. The first kappa shape index (κ1) is 12.6. The molecule has 2 aromatic rings. The summed E-state index contributed by atoms with van der Waals surface area (Å²) >= 11 is 1.54. The second kappa shape index (κ2) is 4.13. The Labute approximate surface area is 109 Å². The van der Waals surface area contributed by atoms with Crippen LogP contribution in [0.2, 0.25) is 0 Å². The molecule has 4 N–H and O–H groups in total. The molecule has 1 amide bonds. The van der Waals surface area contributed by atoms with Crippen LogP contribution in [0.1, 0.15) is 31.1 Å². The molecule has 96 valence electrons. The fourth-order valence-corrected chi connectivity index (χ4v) is 2.43. The van der Waals surface area contributed by atoms with Gasteiger partial charge in [-0.3, -0.25) is 4.79 Å². The lowest BCUT2D eigenvalue weighted by Gasteiger charge is -2.20. The molecule has 6 heteroatoms. The number of carbonyl (C=O) groups is 1. The van der Waals surface area contributed by atoms with Crippen LogP contribution in [0.25, 0.3) is 11.3 Å². The van der Waals surface area contributed by atoms with Gasteiger partial charge in [0.25, 0.3) is 5.91 Å². The van der Waals surface area contributed by atoms with Gasteiger partial charge in [-0.2, -0.15) is 16.4 Å². The van der Waals surface area contributed by atoms with Crippen molar-refractivity contribution in [3.63, 3.8) is 0 Å². The van der Waals surface area contributed by atoms with E-state index in [0.29, 0.717) is 17.1 Å². The van der Waals surface area contributed by atoms with E-state index >= 15 is 0 Å². The van der Waals surface area contributed by atoms with Gasteiger partial charge in [-0.15, -0.1) is 0 Å². The van der Waals surface area contributed by atoms with Crippen molar-refractivity contribution < 1.29 is 4.79 Å². The van der Waals surface area contributed by atoms with Gasteiger partial charge in [-0.05, 0) is 32.2 Å². The van der Waals surface area contributed by atoms with Crippen molar-refractivity contribution >= 4 is 23.1 Å². The number of primary amides is 1. The summed E-state index contributed by atoms with van der Waals surface area (Å²) in [4.78, 5) is 11.6. The van der Waals surface area contributed by atoms with Crippen molar-refractivity contribution in [1.82, 2.24) is 9.78 Å². The number of amides is 1. The number of aromatic nitrogens is 2. The fraction of sp³-hybridized carbons (Fsp3) is 0.333. The van der Waals surface area contributed by atoms with Crippen molar-refractivity contribution in [1.29, 1.82) is 0 Å². The smallest absolute Gasteiger partial charge is 0.254 e. The Morgan fingerprint density at radius 1 is 1.44 bits per heavy atom. The summed E-state index contributed by atoms with van der Waals surface area (Å²) < 4.78 is 1.64. The van der Waals surface area contributed by atoms with Gasteiger partial charge in [0.2, 0.25) is 0 Å². The van der Waals surface area contributed by atoms with Crippen LogP contribution in [-0.2, 0) is 5.54 Å². The molecule has 2 rings (SSSR count). The van der Waals surface area contributed by atoms with Gasteiger partial charge in [0, 0.05) is 10.9 Å². The predicted molar refractivity (Wildman–Crippen MR) is 73.5 cm³/mol. The van der Waals surface area contributed by atoms with E-state index in [1.807, 2.05) is 37.6 Å². The Morgan fingerprint density at radius 3 is 2.56 bits per heavy atom. The number of hydrogen-bond acceptors (Lipinski definition) is 4. The maximum absolute atomic E-state index is 11.6. The SMILES string of the molecule is CC(C)(C)n1nc(-c2ccsc2)c(C(N)=O)c1N. The zero-order valence-electron chi connectivity index (χ0n) is 10.6. The third-order valence-corrected chi connectivity index (χ3v) is 3.28. The van der Waals surface area contributed by atoms with Gasteiger partial charge in [-0.1, -0.05) is 0 Å². The number of nitrogen functional groups attached to an aromatic ring is 1. The number of hydrogen-bond donors (Lipinski definition) is 2. The summed E-state index contributed by atoms with van der Waals surface area (Å²) in [5, 5.41) is 8.28. The predicted octanol–water partition coefficient (Wildman–Crippen LogP) is 2.05. The highest BCUT2D eigenvalue weighted by molar-refractivity contribution is 7.08. The van der Waals surface area contributed by atoms with E-state index in [9.17, 15) is 4.79 Å². The van der Waals surface area contributed by atoms with Crippen molar-refractivity contribution in [3.8, 4) is 11.3 Å². The highest BCUT2D eigenvalue weighted by atomic mass is 32.1. The zero-order valence-corrected chi connectivity index (χ0v) is 11.4. The van der Waals surface area contributed by atoms with Crippen molar-refractivity contribution in [2.45, 2.75) is 26.3 Å². The van der Waals surface area contributed by atoms with Gasteiger partial charge < -0.3 is 11.5 Å². The molecule has 18 heavy (non-hydrogen) atoms. The lowest BCUT2D eigenvalue weighted by atomic mass is 10.1. The second-order valence-corrected chi connectivity index (χ2v) is 5.85. The first-order valence-electron chi connectivity index (χ1n) is 5.53. The highest BCUT2D eigenvalue weighted by Gasteiger charge is 2.26. The van der Waals surface area contributed by atoms with E-state index in [1.54, 1.807) is 4.68 Å². The lowest BCUT2D eigenvalue weighted by Crippen LogP contribution is -2.25. The van der Waals surface area contributed by atoms with Crippen molar-refractivity contribution in [2.24, 2.45) is 5.73 Å². The highest BCUT2D eigenvalue weighted by Crippen LogP contribution is 2.31. The molecule has 0 unspecified atom stereocenters. The molecule has 0 aromatic carbocycles. The van der Waals surface area contributed by atoms with E-state index in [-0.39, 0.29) is 5.54 Å². The van der Waals surface area contributed by atoms with Gasteiger partial charge >= 0.3 is 0 Å². The number of anilines is 1. The van der Waals surface area contributed by atoms with E-state index in [1.165, 1.54) is 11.3 Å². The molecule has 0 atom stereocenters. The Morgan fingerprint density at radius 2 is 2.11 bits per heavy atom. The van der Waals surface area contributed by atoms with E-state index in [2.05, 4.69) is 5.10 Å². The average molecular weight is 264 g/mol. The van der Waals surface area contributed by atoms with Crippen molar-refractivity contribution in [2.75, 3.05) is 5.73 Å². The lowest BCUT2D eigenvalue weighted by molar-refractivity contribution is 0.100. The molecule has 0 aliphatic carbocycles. The topological polar surface area (TPSA) is 86.9 Å². The van der Waals surface area contributed by atoms with Crippen LogP contribution in [0.5, 0.6) is 0 Å². The number of nitrogens with two attached hydrogens (primary N) is 2. The molecule has 0 saturated heterocycles. The molecule has 2 heterocycles. The summed E-state index contributed by atoms with van der Waals surface area (Å²) in [6.07, 6.45) is 0. The molecule has 0 spiro atoms. The van der Waals surface area contributed by atoms with Crippen LogP contribution < -0.4 is 11.5 Å². The third kappa shape index (κ3) is 1.99. The molecule has 0 aliphatic rings. The molecule has 5 nitrogen and oxygen atoms in total. The van der Waals surface area contributed by atoms with E-state index in [4.69, 9.17) is 11.5 Å². The second-order valence-electron chi connectivity index (χ2n) is 5.07. The Hall–Kier alpha value is -1.82. The Balaban J connectivity index is 2.70. The molecule has 0 radical (unpaired) electrons. The first-order valence-corrected chi connectivity index (χ1v) is 6.48. The van der Waals surface area contributed by atoms with Crippen LogP contribution in [-0.4, -0.2) is 15.7 Å². The fourth-order valence-electron chi connectivity index (χ4n) is 1.79. The number of nitrogens with zero attached hydrogens (tertiary/aromatic N) is 2. The maximum Gasteiger partial charge on any atom is 0.254 e. The average Bonchev–Trinajstić information content (AvgIpc) is 2.81. The van der Waals surface area contributed by atoms with Gasteiger partial charge in [-0.25, -0.2) is 4.68 Å². The van der Waals surface area contributed by atoms with Crippen LogP contribution in [0.15, 0.2) is 16.8 Å². The van der Waals surface area contributed by atoms with Crippen LogP contribution in [0, 0.1) is 0 Å². The normalized spacial score (nSPS) is 11.7. The summed E-state index contributed by atoms with van der Waals surface area (Å²) in [6.45, 7) is 5.91. The number of rotatable bonds is 2. The van der Waals surface area contributed by atoms with Crippen LogP contribution in [0.3, 0.4) is 0 Å². The maximum atomic E-state index is 11.6. The summed E-state index contributed by atoms with van der Waals surface area (Å²) in [5.74, 6) is -0.236. The quantitative estimate of drug-likeness (QED) is 0.870. The summed E-state index contributed by atoms with van der Waals surface area (Å²) in [5.41, 5.74) is 12.8. The third-order valence-electron chi connectivity index (χ3n) is 2.60. The van der Waals surface area contributed by atoms with Gasteiger partial charge in [0.15, 0.2) is 0 Å². The first-order chi connectivity index (χ1) is 8.32. The Kier molecular flexibility index (Phi) is 2.90. The van der Waals surface area contributed by atoms with Crippen molar-refractivity contribution in [3.05, 3.63) is 22.4 Å². The van der Waals surface area contributed by atoms with Gasteiger partial charge in [0.1, 0.15) is 17.1 Å². The minimum atomic E-state index is -0.552. The van der Waals surface area contributed by atoms with E-state index < -0.39 is 5.91 Å². The molecule has 0 fully saturated rings. The standard InChI is InChI=1S/C12H16N4OS/c1-12(2,3)16-10(13)8(11(14)17)9(15-16)7-4-5-18-6-7/h4-6H,13H2,1-3H3,(H2,14,17). The van der Waals surface area contributed by atoms with Gasteiger partial charge in [0.05, 0.1) is 5.54 Å². The molecule has 0 saturated carbocycles. The van der Waals surface area contributed by atoms with Crippen LogP contribution >= 0.6 is 11.3 Å². The Bertz CT molecular complexity index is 578.